The minimum Gasteiger partial charge on any atom is -0.497 e. The lowest BCUT2D eigenvalue weighted by Gasteiger charge is -2.30. The Morgan fingerprint density at radius 1 is 1.11 bits per heavy atom. The molecule has 0 saturated heterocycles. The van der Waals surface area contributed by atoms with E-state index in [9.17, 15) is 4.79 Å². The minimum absolute atomic E-state index is 0.112. The number of benzene rings is 1. The molecule has 0 atom stereocenters. The van der Waals surface area contributed by atoms with E-state index in [0.717, 1.165) is 24.3 Å². The molecule has 0 saturated carbocycles. The van der Waals surface area contributed by atoms with Crippen LogP contribution in [0.5, 0.6) is 5.75 Å². The van der Waals surface area contributed by atoms with Gasteiger partial charge in [-0.3, -0.25) is 9.36 Å². The maximum Gasteiger partial charge on any atom is 0.255 e. The summed E-state index contributed by atoms with van der Waals surface area (Å²) in [6.07, 6.45) is 6.23. The zero-order valence-corrected chi connectivity index (χ0v) is 15.9. The molecular weight excluding hydrogens is 354 g/mol. The van der Waals surface area contributed by atoms with Crippen LogP contribution in [0.1, 0.15) is 12.0 Å². The first-order valence-electron chi connectivity index (χ1n) is 9.08. The highest BCUT2D eigenvalue weighted by atomic mass is 16.5. The van der Waals surface area contributed by atoms with Gasteiger partial charge in [0.25, 0.3) is 5.56 Å². The van der Waals surface area contributed by atoms with E-state index in [1.54, 1.807) is 31.0 Å². The van der Waals surface area contributed by atoms with Crippen LogP contribution < -0.4 is 15.2 Å². The number of ether oxygens (including phenoxy) is 1. The van der Waals surface area contributed by atoms with Crippen LogP contribution in [0, 0.1) is 0 Å². The number of nitrogens with zero attached hydrogens (tertiary/aromatic N) is 5. The molecule has 0 amide bonds. The molecular formula is C21H21N5O2. The molecule has 3 heterocycles. The number of rotatable bonds is 4. The van der Waals surface area contributed by atoms with Gasteiger partial charge in [0, 0.05) is 32.4 Å². The van der Waals surface area contributed by atoms with Crippen molar-refractivity contribution >= 4 is 11.5 Å². The van der Waals surface area contributed by atoms with Crippen molar-refractivity contribution in [2.24, 2.45) is 7.05 Å². The number of methoxy groups -OCH3 is 1. The highest BCUT2D eigenvalue weighted by Crippen LogP contribution is 2.26. The molecule has 2 aromatic heterocycles. The largest absolute Gasteiger partial charge is 0.497 e. The predicted molar refractivity (Wildman–Crippen MR) is 108 cm³/mol. The van der Waals surface area contributed by atoms with Gasteiger partial charge in [-0.15, -0.1) is 0 Å². The molecule has 0 aliphatic carbocycles. The van der Waals surface area contributed by atoms with Gasteiger partial charge in [0.2, 0.25) is 5.95 Å². The summed E-state index contributed by atoms with van der Waals surface area (Å²) in [5.41, 5.74) is 3.43. The van der Waals surface area contributed by atoms with Crippen LogP contribution in [0.4, 0.5) is 5.95 Å². The van der Waals surface area contributed by atoms with Gasteiger partial charge in [0.1, 0.15) is 12.1 Å². The smallest absolute Gasteiger partial charge is 0.255 e. The van der Waals surface area contributed by atoms with Crippen LogP contribution in [0.2, 0.25) is 0 Å². The van der Waals surface area contributed by atoms with E-state index in [0.29, 0.717) is 23.9 Å². The fourth-order valence-corrected chi connectivity index (χ4v) is 3.31. The lowest BCUT2D eigenvalue weighted by molar-refractivity contribution is 0.415. The van der Waals surface area contributed by atoms with Gasteiger partial charge in [0.15, 0.2) is 0 Å². The van der Waals surface area contributed by atoms with Crippen molar-refractivity contribution in [3.05, 3.63) is 70.9 Å². The van der Waals surface area contributed by atoms with E-state index < -0.39 is 0 Å². The molecule has 0 spiro atoms. The van der Waals surface area contributed by atoms with E-state index in [4.69, 9.17) is 9.72 Å². The van der Waals surface area contributed by atoms with E-state index in [-0.39, 0.29) is 5.56 Å². The molecule has 0 bridgehead atoms. The number of aromatic nitrogens is 4. The highest BCUT2D eigenvalue weighted by Gasteiger charge is 2.19. The summed E-state index contributed by atoms with van der Waals surface area (Å²) in [6, 6.07) is 11.3. The van der Waals surface area contributed by atoms with Crippen LogP contribution in [0.25, 0.3) is 17.0 Å². The lowest BCUT2D eigenvalue weighted by Crippen LogP contribution is -2.35. The van der Waals surface area contributed by atoms with Gasteiger partial charge in [-0.05, 0) is 35.8 Å². The van der Waals surface area contributed by atoms with Gasteiger partial charge >= 0.3 is 0 Å². The van der Waals surface area contributed by atoms with Crippen LogP contribution in [0.15, 0.2) is 59.8 Å². The maximum atomic E-state index is 12.5. The number of hydrogen-bond donors (Lipinski definition) is 0. The van der Waals surface area contributed by atoms with Crippen molar-refractivity contribution in [1.29, 1.82) is 0 Å². The summed E-state index contributed by atoms with van der Waals surface area (Å²) >= 11 is 0. The first-order chi connectivity index (χ1) is 13.7. The van der Waals surface area contributed by atoms with Crippen molar-refractivity contribution in [2.45, 2.75) is 6.42 Å². The molecule has 1 aromatic carbocycles. The molecule has 1 aliphatic rings. The van der Waals surface area contributed by atoms with E-state index >= 15 is 0 Å². The molecule has 4 rings (SSSR count). The summed E-state index contributed by atoms with van der Waals surface area (Å²) < 4.78 is 6.83. The summed E-state index contributed by atoms with van der Waals surface area (Å²) in [6.45, 7) is 1.48. The Morgan fingerprint density at radius 3 is 2.64 bits per heavy atom. The third-order valence-electron chi connectivity index (χ3n) is 4.85. The quantitative estimate of drug-likeness (QED) is 0.698. The van der Waals surface area contributed by atoms with E-state index in [2.05, 4.69) is 33.1 Å². The Labute approximate surface area is 163 Å². The van der Waals surface area contributed by atoms with Crippen LogP contribution in [0.3, 0.4) is 0 Å². The summed E-state index contributed by atoms with van der Waals surface area (Å²) in [5, 5.41) is 0. The summed E-state index contributed by atoms with van der Waals surface area (Å²) in [4.78, 5) is 27.5. The molecule has 3 aromatic rings. The number of anilines is 1. The first-order valence-corrected chi connectivity index (χ1v) is 9.08. The molecule has 7 heteroatoms. The van der Waals surface area contributed by atoms with Crippen molar-refractivity contribution in [3.63, 3.8) is 0 Å². The summed E-state index contributed by atoms with van der Waals surface area (Å²) in [7, 11) is 3.41. The molecule has 0 N–H and O–H groups in total. The van der Waals surface area contributed by atoms with Gasteiger partial charge in [-0.1, -0.05) is 18.2 Å². The van der Waals surface area contributed by atoms with Crippen LogP contribution in [-0.4, -0.2) is 39.7 Å². The van der Waals surface area contributed by atoms with E-state index in [1.807, 2.05) is 12.1 Å². The average Bonchev–Trinajstić information content (AvgIpc) is 2.76. The lowest BCUT2D eigenvalue weighted by atomic mass is 10.0. The molecule has 0 radical (unpaired) electrons. The van der Waals surface area contributed by atoms with Gasteiger partial charge in [0.05, 0.1) is 18.5 Å². The van der Waals surface area contributed by atoms with E-state index in [1.165, 1.54) is 18.0 Å². The monoisotopic (exact) mass is 375 g/mol. The second-order valence-corrected chi connectivity index (χ2v) is 6.60. The fourth-order valence-electron chi connectivity index (χ4n) is 3.31. The number of hydrogen-bond acceptors (Lipinski definition) is 6. The Bertz CT molecular complexity index is 1060. The molecule has 1 aliphatic heterocycles. The molecule has 0 unspecified atom stereocenters. The van der Waals surface area contributed by atoms with Crippen molar-refractivity contribution in [2.75, 3.05) is 25.1 Å². The van der Waals surface area contributed by atoms with Crippen LogP contribution >= 0.6 is 0 Å². The SMILES string of the molecule is COc1ccc(C2=CCCN(c3nc(-c4ccncn4)cc(=O)n3C)C2)cc1. The topological polar surface area (TPSA) is 73.1 Å². The minimum atomic E-state index is -0.112. The summed E-state index contributed by atoms with van der Waals surface area (Å²) in [5.74, 6) is 1.47. The van der Waals surface area contributed by atoms with Crippen molar-refractivity contribution in [3.8, 4) is 17.1 Å². The van der Waals surface area contributed by atoms with Crippen LogP contribution in [-0.2, 0) is 7.05 Å². The third kappa shape index (κ3) is 3.51. The third-order valence-corrected chi connectivity index (χ3v) is 4.85. The Kier molecular flexibility index (Phi) is 4.89. The Balaban J connectivity index is 1.66. The van der Waals surface area contributed by atoms with Crippen molar-refractivity contribution < 1.29 is 4.74 Å². The Hall–Kier alpha value is -3.48. The average molecular weight is 375 g/mol. The zero-order chi connectivity index (χ0) is 19.5. The molecule has 142 valence electrons. The molecule has 7 nitrogen and oxygen atoms in total. The zero-order valence-electron chi connectivity index (χ0n) is 15.9. The van der Waals surface area contributed by atoms with Gasteiger partial charge < -0.3 is 9.64 Å². The standard InChI is InChI=1S/C21H21N5O2/c1-25-20(27)12-19(18-9-10-22-14-23-18)24-21(25)26-11-3-4-16(13-26)15-5-7-17(28-2)8-6-15/h4-10,12,14H,3,11,13H2,1-2H3. The molecule has 0 fully saturated rings. The fraction of sp³-hybridized carbons (Fsp3) is 0.238. The molecule has 28 heavy (non-hydrogen) atoms. The first kappa shape index (κ1) is 17.9. The Morgan fingerprint density at radius 2 is 1.93 bits per heavy atom. The highest BCUT2D eigenvalue weighted by molar-refractivity contribution is 5.71. The van der Waals surface area contributed by atoms with Gasteiger partial charge in [-0.2, -0.15) is 0 Å². The predicted octanol–water partition coefficient (Wildman–Crippen LogP) is 2.54. The van der Waals surface area contributed by atoms with Crippen molar-refractivity contribution in [1.82, 2.24) is 19.5 Å². The van der Waals surface area contributed by atoms with Gasteiger partial charge in [-0.25, -0.2) is 15.0 Å². The second kappa shape index (κ2) is 7.64. The maximum absolute atomic E-state index is 12.5. The second-order valence-electron chi connectivity index (χ2n) is 6.60. The normalized spacial score (nSPS) is 13.9.